The van der Waals surface area contributed by atoms with E-state index in [-0.39, 0.29) is 18.2 Å². The predicted octanol–water partition coefficient (Wildman–Crippen LogP) is 1.48. The molecule has 0 aromatic heterocycles. The van der Waals surface area contributed by atoms with Gasteiger partial charge >= 0.3 is 5.97 Å². The van der Waals surface area contributed by atoms with Crippen molar-refractivity contribution in [3.63, 3.8) is 0 Å². The van der Waals surface area contributed by atoms with Crippen LogP contribution in [0.25, 0.3) is 0 Å². The first kappa shape index (κ1) is 18.6. The zero-order chi connectivity index (χ0) is 17.6. The van der Waals surface area contributed by atoms with Gasteiger partial charge in [-0.25, -0.2) is 4.79 Å². The topological polar surface area (TPSA) is 94.1 Å². The van der Waals surface area contributed by atoms with Crippen LogP contribution >= 0.6 is 0 Å². The first-order chi connectivity index (χ1) is 10.8. The number of rotatable bonds is 8. The van der Waals surface area contributed by atoms with E-state index in [0.29, 0.717) is 22.8 Å². The highest BCUT2D eigenvalue weighted by molar-refractivity contribution is 5.85. The van der Waals surface area contributed by atoms with Crippen molar-refractivity contribution in [2.45, 2.75) is 26.3 Å². The van der Waals surface area contributed by atoms with Crippen LogP contribution < -0.4 is 19.5 Å². The first-order valence-electron chi connectivity index (χ1n) is 7.15. The van der Waals surface area contributed by atoms with Gasteiger partial charge in [0, 0.05) is 0 Å². The van der Waals surface area contributed by atoms with Crippen LogP contribution in [-0.2, 0) is 16.0 Å². The van der Waals surface area contributed by atoms with Crippen molar-refractivity contribution < 1.29 is 28.9 Å². The summed E-state index contributed by atoms with van der Waals surface area (Å²) in [7, 11) is 4.47. The van der Waals surface area contributed by atoms with Crippen LogP contribution in [0.4, 0.5) is 0 Å². The lowest BCUT2D eigenvalue weighted by atomic mass is 10.0. The Kier molecular flexibility index (Phi) is 6.68. The predicted molar refractivity (Wildman–Crippen MR) is 84.2 cm³/mol. The van der Waals surface area contributed by atoms with E-state index in [0.717, 1.165) is 0 Å². The fourth-order valence-electron chi connectivity index (χ4n) is 2.16. The van der Waals surface area contributed by atoms with E-state index in [1.807, 2.05) is 0 Å². The van der Waals surface area contributed by atoms with Gasteiger partial charge in [0.05, 0.1) is 27.8 Å². The van der Waals surface area contributed by atoms with Crippen molar-refractivity contribution in [1.82, 2.24) is 5.32 Å². The first-order valence-corrected chi connectivity index (χ1v) is 7.15. The average Bonchev–Trinajstić information content (AvgIpc) is 2.50. The monoisotopic (exact) mass is 325 g/mol. The maximum atomic E-state index is 12.1. The SMILES string of the molecule is COc1cc(CC(=O)NC(C(=O)O)C(C)C)cc(OC)c1OC. The number of carbonyl (C=O) groups excluding carboxylic acids is 1. The number of benzene rings is 1. The van der Waals surface area contributed by atoms with Gasteiger partial charge in [0.2, 0.25) is 11.7 Å². The Hall–Kier alpha value is -2.44. The van der Waals surface area contributed by atoms with Gasteiger partial charge in [-0.1, -0.05) is 13.8 Å². The lowest BCUT2D eigenvalue weighted by molar-refractivity contribution is -0.143. The molecule has 7 nitrogen and oxygen atoms in total. The number of amides is 1. The Morgan fingerprint density at radius 2 is 1.61 bits per heavy atom. The molecule has 0 fully saturated rings. The molecule has 0 heterocycles. The maximum absolute atomic E-state index is 12.1. The molecule has 23 heavy (non-hydrogen) atoms. The fourth-order valence-corrected chi connectivity index (χ4v) is 2.16. The molecule has 7 heteroatoms. The summed E-state index contributed by atoms with van der Waals surface area (Å²) in [6.07, 6.45) is 0.00716. The highest BCUT2D eigenvalue weighted by Gasteiger charge is 2.24. The number of carboxylic acid groups (broad SMARTS) is 1. The average molecular weight is 325 g/mol. The van der Waals surface area contributed by atoms with Gasteiger partial charge < -0.3 is 24.6 Å². The molecule has 1 atom stereocenters. The Morgan fingerprint density at radius 3 is 1.96 bits per heavy atom. The van der Waals surface area contributed by atoms with E-state index in [4.69, 9.17) is 19.3 Å². The van der Waals surface area contributed by atoms with Crippen molar-refractivity contribution in [1.29, 1.82) is 0 Å². The number of aliphatic carboxylic acids is 1. The molecule has 1 aromatic carbocycles. The molecule has 2 N–H and O–H groups in total. The van der Waals surface area contributed by atoms with E-state index in [2.05, 4.69) is 5.32 Å². The lowest BCUT2D eigenvalue weighted by Crippen LogP contribution is -2.44. The number of carboxylic acids is 1. The molecule has 1 unspecified atom stereocenters. The third-order valence-corrected chi connectivity index (χ3v) is 3.34. The number of hydrogen-bond acceptors (Lipinski definition) is 5. The molecular weight excluding hydrogens is 302 g/mol. The molecular formula is C16H23NO6. The number of hydrogen-bond donors (Lipinski definition) is 2. The highest BCUT2D eigenvalue weighted by Crippen LogP contribution is 2.38. The minimum absolute atomic E-state index is 0.00716. The smallest absolute Gasteiger partial charge is 0.326 e. The Morgan fingerprint density at radius 1 is 1.09 bits per heavy atom. The van der Waals surface area contributed by atoms with E-state index >= 15 is 0 Å². The largest absolute Gasteiger partial charge is 0.493 e. The van der Waals surface area contributed by atoms with Gasteiger partial charge in [-0.15, -0.1) is 0 Å². The maximum Gasteiger partial charge on any atom is 0.326 e. The molecule has 0 radical (unpaired) electrons. The summed E-state index contributed by atoms with van der Waals surface area (Å²) in [5.74, 6) is -0.346. The summed E-state index contributed by atoms with van der Waals surface area (Å²) in [6, 6.07) is 2.39. The molecule has 0 aliphatic carbocycles. The van der Waals surface area contributed by atoms with Crippen molar-refractivity contribution in [3.8, 4) is 17.2 Å². The van der Waals surface area contributed by atoms with Crippen LogP contribution in [-0.4, -0.2) is 44.4 Å². The van der Waals surface area contributed by atoms with Crippen LogP contribution in [0.2, 0.25) is 0 Å². The second-order valence-corrected chi connectivity index (χ2v) is 5.34. The summed E-state index contributed by atoms with van der Waals surface area (Å²) in [5, 5.41) is 11.6. The fraction of sp³-hybridized carbons (Fsp3) is 0.500. The third-order valence-electron chi connectivity index (χ3n) is 3.34. The molecule has 1 aromatic rings. The summed E-state index contributed by atoms with van der Waals surface area (Å²) in [5.41, 5.74) is 0.630. The Bertz CT molecular complexity index is 545. The Balaban J connectivity index is 2.96. The van der Waals surface area contributed by atoms with Crippen LogP contribution in [0, 0.1) is 5.92 Å². The summed E-state index contributed by atoms with van der Waals surface area (Å²) >= 11 is 0. The summed E-state index contributed by atoms with van der Waals surface area (Å²) < 4.78 is 15.7. The van der Waals surface area contributed by atoms with Gasteiger partial charge in [0.25, 0.3) is 0 Å². The second-order valence-electron chi connectivity index (χ2n) is 5.34. The number of nitrogens with one attached hydrogen (secondary N) is 1. The van der Waals surface area contributed by atoms with Gasteiger partial charge in [0.1, 0.15) is 6.04 Å². The highest BCUT2D eigenvalue weighted by atomic mass is 16.5. The minimum atomic E-state index is -1.06. The van der Waals surface area contributed by atoms with Crippen molar-refractivity contribution in [3.05, 3.63) is 17.7 Å². The molecule has 0 saturated heterocycles. The van der Waals surface area contributed by atoms with Crippen LogP contribution in [0.5, 0.6) is 17.2 Å². The standard InChI is InChI=1S/C16H23NO6/c1-9(2)14(16(19)20)17-13(18)8-10-6-11(21-3)15(23-5)12(7-10)22-4/h6-7,9,14H,8H2,1-5H3,(H,17,18)(H,19,20). The van der Waals surface area contributed by atoms with Crippen LogP contribution in [0.15, 0.2) is 12.1 Å². The quantitative estimate of drug-likeness (QED) is 0.752. The second kappa shape index (κ2) is 8.26. The summed E-state index contributed by atoms with van der Waals surface area (Å²) in [4.78, 5) is 23.2. The molecule has 0 aliphatic heterocycles. The minimum Gasteiger partial charge on any atom is -0.493 e. The van der Waals surface area contributed by atoms with E-state index < -0.39 is 12.0 Å². The van der Waals surface area contributed by atoms with Gasteiger partial charge in [0.15, 0.2) is 11.5 Å². The van der Waals surface area contributed by atoms with Crippen LogP contribution in [0.1, 0.15) is 19.4 Å². The number of methoxy groups -OCH3 is 3. The van der Waals surface area contributed by atoms with Gasteiger partial charge in [-0.2, -0.15) is 0 Å². The van der Waals surface area contributed by atoms with Crippen molar-refractivity contribution in [2.75, 3.05) is 21.3 Å². The molecule has 128 valence electrons. The molecule has 0 aliphatic rings. The molecule has 1 rings (SSSR count). The van der Waals surface area contributed by atoms with E-state index in [1.165, 1.54) is 21.3 Å². The zero-order valence-corrected chi connectivity index (χ0v) is 14.0. The summed E-state index contributed by atoms with van der Waals surface area (Å²) in [6.45, 7) is 3.47. The van der Waals surface area contributed by atoms with Crippen molar-refractivity contribution in [2.24, 2.45) is 5.92 Å². The van der Waals surface area contributed by atoms with Gasteiger partial charge in [-0.3, -0.25) is 4.79 Å². The Labute approximate surface area is 135 Å². The number of ether oxygens (including phenoxy) is 3. The third kappa shape index (κ3) is 4.77. The zero-order valence-electron chi connectivity index (χ0n) is 14.0. The van der Waals surface area contributed by atoms with Gasteiger partial charge in [-0.05, 0) is 23.6 Å². The van der Waals surface area contributed by atoms with Crippen LogP contribution in [0.3, 0.4) is 0 Å². The molecule has 1 amide bonds. The molecule has 0 spiro atoms. The van der Waals surface area contributed by atoms with E-state index in [9.17, 15) is 9.59 Å². The van der Waals surface area contributed by atoms with E-state index in [1.54, 1.807) is 26.0 Å². The molecule has 0 saturated carbocycles. The normalized spacial score (nSPS) is 11.7. The number of carbonyl (C=O) groups is 2. The molecule has 0 bridgehead atoms. The lowest BCUT2D eigenvalue weighted by Gasteiger charge is -2.18. The van der Waals surface area contributed by atoms with Crippen molar-refractivity contribution >= 4 is 11.9 Å².